The number of nitrogens with zero attached hydrogens (tertiary/aromatic N) is 1. The summed E-state index contributed by atoms with van der Waals surface area (Å²) in [4.78, 5) is 16.9. The lowest BCUT2D eigenvalue weighted by molar-refractivity contribution is -0.122. The lowest BCUT2D eigenvalue weighted by Gasteiger charge is -2.20. The molecule has 0 radical (unpaired) electrons. The summed E-state index contributed by atoms with van der Waals surface area (Å²) in [5.74, 6) is -0.300. The summed E-state index contributed by atoms with van der Waals surface area (Å²) in [6, 6.07) is 14.4. The molecular formula is C19H19FN2OS2. The quantitative estimate of drug-likeness (QED) is 0.639. The maximum atomic E-state index is 12.9. The molecule has 0 aliphatic carbocycles. The van der Waals surface area contributed by atoms with E-state index in [-0.39, 0.29) is 11.7 Å². The number of thiophene rings is 2. The highest BCUT2D eigenvalue weighted by atomic mass is 32.1. The molecule has 1 N–H and O–H groups in total. The smallest absolute Gasteiger partial charge is 0.234 e. The zero-order valence-corrected chi connectivity index (χ0v) is 15.3. The van der Waals surface area contributed by atoms with Gasteiger partial charge in [0.25, 0.3) is 0 Å². The van der Waals surface area contributed by atoms with Crippen LogP contribution in [0.4, 0.5) is 4.39 Å². The van der Waals surface area contributed by atoms with E-state index in [1.165, 1.54) is 21.9 Å². The second-order valence-corrected chi connectivity index (χ2v) is 7.77. The Morgan fingerprint density at radius 3 is 2.08 bits per heavy atom. The largest absolute Gasteiger partial charge is 0.351 e. The van der Waals surface area contributed by atoms with Gasteiger partial charge in [0.05, 0.1) is 6.54 Å². The number of nitrogens with one attached hydrogen (secondary N) is 1. The molecule has 3 nitrogen and oxygen atoms in total. The Kier molecular flexibility index (Phi) is 6.33. The van der Waals surface area contributed by atoms with Crippen LogP contribution in [0.2, 0.25) is 0 Å². The number of benzene rings is 1. The van der Waals surface area contributed by atoms with Crippen LogP contribution in [0.15, 0.2) is 59.3 Å². The van der Waals surface area contributed by atoms with E-state index in [0.29, 0.717) is 13.1 Å². The van der Waals surface area contributed by atoms with Crippen LogP contribution in [0, 0.1) is 5.82 Å². The van der Waals surface area contributed by atoms with Gasteiger partial charge in [-0.15, -0.1) is 22.7 Å². The van der Waals surface area contributed by atoms with Gasteiger partial charge < -0.3 is 5.32 Å². The third-order valence-electron chi connectivity index (χ3n) is 3.69. The van der Waals surface area contributed by atoms with Crippen LogP contribution in [0.3, 0.4) is 0 Å². The van der Waals surface area contributed by atoms with Gasteiger partial charge in [-0.05, 0) is 40.6 Å². The molecule has 25 heavy (non-hydrogen) atoms. The number of halogens is 1. The third kappa shape index (κ3) is 5.77. The molecule has 0 fully saturated rings. The van der Waals surface area contributed by atoms with Gasteiger partial charge in [0.15, 0.2) is 0 Å². The van der Waals surface area contributed by atoms with E-state index in [1.54, 1.807) is 34.8 Å². The highest BCUT2D eigenvalue weighted by molar-refractivity contribution is 7.10. The minimum atomic E-state index is -0.270. The van der Waals surface area contributed by atoms with Crippen LogP contribution in [0.5, 0.6) is 0 Å². The first-order valence-corrected chi connectivity index (χ1v) is 9.73. The van der Waals surface area contributed by atoms with Crippen LogP contribution in [-0.4, -0.2) is 17.4 Å². The topological polar surface area (TPSA) is 32.3 Å². The van der Waals surface area contributed by atoms with Crippen molar-refractivity contribution in [3.8, 4) is 0 Å². The average molecular weight is 375 g/mol. The number of rotatable bonds is 8. The average Bonchev–Trinajstić information content (AvgIpc) is 3.28. The molecule has 0 aliphatic rings. The Hall–Kier alpha value is -2.02. The minimum absolute atomic E-state index is 0.0302. The van der Waals surface area contributed by atoms with E-state index in [1.807, 2.05) is 22.9 Å². The number of amides is 1. The molecule has 0 atom stereocenters. The predicted molar refractivity (Wildman–Crippen MR) is 101 cm³/mol. The van der Waals surface area contributed by atoms with E-state index in [0.717, 1.165) is 18.7 Å². The van der Waals surface area contributed by atoms with Gasteiger partial charge in [-0.3, -0.25) is 9.69 Å². The zero-order valence-electron chi connectivity index (χ0n) is 13.7. The Bertz CT molecular complexity index is 734. The number of hydrogen-bond donors (Lipinski definition) is 1. The lowest BCUT2D eigenvalue weighted by atomic mass is 10.2. The minimum Gasteiger partial charge on any atom is -0.351 e. The van der Waals surface area contributed by atoms with Crippen molar-refractivity contribution < 1.29 is 9.18 Å². The van der Waals surface area contributed by atoms with Crippen molar-refractivity contribution in [3.63, 3.8) is 0 Å². The molecule has 0 unspecified atom stereocenters. The standard InChI is InChI=1S/C19H19FN2OS2/c20-16-7-5-15(6-8-16)11-21-19(23)14-22(12-17-3-1-9-24-17)13-18-4-2-10-25-18/h1-10H,11-14H2,(H,21,23). The molecule has 3 aromatic rings. The van der Waals surface area contributed by atoms with Crippen molar-refractivity contribution in [2.24, 2.45) is 0 Å². The van der Waals surface area contributed by atoms with Crippen LogP contribution >= 0.6 is 22.7 Å². The highest BCUT2D eigenvalue weighted by Gasteiger charge is 2.13. The number of hydrogen-bond acceptors (Lipinski definition) is 4. The van der Waals surface area contributed by atoms with Gasteiger partial charge in [0.2, 0.25) is 5.91 Å². The second kappa shape index (κ2) is 8.89. The van der Waals surface area contributed by atoms with Gasteiger partial charge in [-0.2, -0.15) is 0 Å². The summed E-state index contributed by atoms with van der Waals surface area (Å²) >= 11 is 3.39. The third-order valence-corrected chi connectivity index (χ3v) is 5.41. The Morgan fingerprint density at radius 2 is 1.56 bits per heavy atom. The van der Waals surface area contributed by atoms with E-state index in [9.17, 15) is 9.18 Å². The van der Waals surface area contributed by atoms with Crippen molar-refractivity contribution in [3.05, 3.63) is 80.4 Å². The van der Waals surface area contributed by atoms with Gasteiger partial charge >= 0.3 is 0 Å². The summed E-state index contributed by atoms with van der Waals surface area (Å²) in [5.41, 5.74) is 0.887. The zero-order chi connectivity index (χ0) is 17.5. The normalized spacial score (nSPS) is 11.0. The van der Waals surface area contributed by atoms with Crippen molar-refractivity contribution in [2.45, 2.75) is 19.6 Å². The van der Waals surface area contributed by atoms with Crippen molar-refractivity contribution in [1.82, 2.24) is 10.2 Å². The monoisotopic (exact) mass is 374 g/mol. The molecule has 6 heteroatoms. The van der Waals surface area contributed by atoms with Gasteiger partial charge in [0, 0.05) is 29.4 Å². The summed E-state index contributed by atoms with van der Waals surface area (Å²) < 4.78 is 12.9. The molecule has 0 spiro atoms. The Morgan fingerprint density at radius 1 is 0.960 bits per heavy atom. The molecule has 0 aliphatic heterocycles. The molecule has 0 saturated heterocycles. The van der Waals surface area contributed by atoms with Gasteiger partial charge in [0.1, 0.15) is 5.82 Å². The van der Waals surface area contributed by atoms with E-state index >= 15 is 0 Å². The SMILES string of the molecule is O=C(CN(Cc1cccs1)Cc1cccs1)NCc1ccc(F)cc1. The van der Waals surface area contributed by atoms with Crippen LogP contribution in [-0.2, 0) is 24.4 Å². The molecule has 1 amide bonds. The van der Waals surface area contributed by atoms with Crippen LogP contribution in [0.1, 0.15) is 15.3 Å². The predicted octanol–water partition coefficient (Wildman–Crippen LogP) is 4.27. The molecule has 0 bridgehead atoms. The Labute approximate surface area is 154 Å². The van der Waals surface area contributed by atoms with E-state index in [4.69, 9.17) is 0 Å². The fraction of sp³-hybridized carbons (Fsp3) is 0.211. The highest BCUT2D eigenvalue weighted by Crippen LogP contribution is 2.16. The fourth-order valence-electron chi connectivity index (χ4n) is 2.48. The molecule has 1 aromatic carbocycles. The summed E-state index contributed by atoms with van der Waals surface area (Å²) in [6.45, 7) is 2.24. The summed E-state index contributed by atoms with van der Waals surface area (Å²) in [6.07, 6.45) is 0. The van der Waals surface area contributed by atoms with E-state index < -0.39 is 0 Å². The lowest BCUT2D eigenvalue weighted by Crippen LogP contribution is -2.36. The maximum absolute atomic E-state index is 12.9. The Balaban J connectivity index is 1.56. The van der Waals surface area contributed by atoms with Crippen molar-refractivity contribution in [1.29, 1.82) is 0 Å². The number of carbonyl (C=O) groups excluding carboxylic acids is 1. The summed E-state index contributed by atoms with van der Waals surface area (Å²) in [7, 11) is 0. The van der Waals surface area contributed by atoms with Gasteiger partial charge in [-0.25, -0.2) is 4.39 Å². The van der Waals surface area contributed by atoms with Crippen LogP contribution in [0.25, 0.3) is 0 Å². The van der Waals surface area contributed by atoms with Crippen molar-refractivity contribution in [2.75, 3.05) is 6.54 Å². The molecule has 3 rings (SSSR count). The van der Waals surface area contributed by atoms with Crippen LogP contribution < -0.4 is 5.32 Å². The van der Waals surface area contributed by atoms with Gasteiger partial charge in [-0.1, -0.05) is 24.3 Å². The molecular weight excluding hydrogens is 355 g/mol. The summed E-state index contributed by atoms with van der Waals surface area (Å²) in [5, 5.41) is 7.01. The molecule has 2 heterocycles. The first-order valence-electron chi connectivity index (χ1n) is 7.97. The second-order valence-electron chi connectivity index (χ2n) is 5.71. The fourth-order valence-corrected chi connectivity index (χ4v) is 3.97. The first-order chi connectivity index (χ1) is 12.2. The first kappa shape index (κ1) is 17.8. The maximum Gasteiger partial charge on any atom is 0.234 e. The molecule has 130 valence electrons. The molecule has 2 aromatic heterocycles. The van der Waals surface area contributed by atoms with E-state index in [2.05, 4.69) is 22.3 Å². The molecule has 0 saturated carbocycles. The van der Waals surface area contributed by atoms with Crippen molar-refractivity contribution >= 4 is 28.6 Å². The number of carbonyl (C=O) groups is 1.